The molecule has 10 heteroatoms. The predicted octanol–water partition coefficient (Wildman–Crippen LogP) is 3.07. The van der Waals surface area contributed by atoms with Gasteiger partial charge in [0.05, 0.1) is 24.1 Å². The summed E-state index contributed by atoms with van der Waals surface area (Å²) in [6.07, 6.45) is 0.0400. The highest BCUT2D eigenvalue weighted by molar-refractivity contribution is 6.05. The number of aliphatic carboxylic acids is 1. The first-order valence-corrected chi connectivity index (χ1v) is 10.4. The van der Waals surface area contributed by atoms with Crippen LogP contribution in [0.2, 0.25) is 0 Å². The zero-order valence-electron chi connectivity index (χ0n) is 17.7. The summed E-state index contributed by atoms with van der Waals surface area (Å²) in [5, 5.41) is 11.6. The maximum Gasteiger partial charge on any atom is 0.305 e. The molecule has 0 bridgehead atoms. The van der Waals surface area contributed by atoms with Crippen molar-refractivity contribution in [1.82, 2.24) is 4.90 Å². The molecule has 0 aromatic heterocycles. The Morgan fingerprint density at radius 1 is 1.15 bits per heavy atom. The van der Waals surface area contributed by atoms with Crippen molar-refractivity contribution in [3.63, 3.8) is 0 Å². The number of carbonyl (C=O) groups is 3. The number of anilines is 1. The van der Waals surface area contributed by atoms with Crippen molar-refractivity contribution in [2.45, 2.75) is 37.5 Å². The molecule has 2 heterocycles. The number of carboxylic acid groups (broad SMARTS) is 1. The van der Waals surface area contributed by atoms with Crippen LogP contribution < -0.4 is 10.1 Å². The lowest BCUT2D eigenvalue weighted by atomic mass is 9.94. The SMILES string of the molecule is CN1C(=O)c2cc(NC(=O)c3ccc(F)c(F)c3)ccc2OC[C@H]2O[C@H](CC(=O)O)CC[C@H]21. The zero-order chi connectivity index (χ0) is 23.7. The summed E-state index contributed by atoms with van der Waals surface area (Å²) in [4.78, 5) is 38.2. The maximum absolute atomic E-state index is 13.4. The van der Waals surface area contributed by atoms with Crippen LogP contribution >= 0.6 is 0 Å². The Labute approximate surface area is 188 Å². The minimum Gasteiger partial charge on any atom is -0.490 e. The van der Waals surface area contributed by atoms with Gasteiger partial charge in [0.25, 0.3) is 11.8 Å². The number of hydrogen-bond donors (Lipinski definition) is 2. The monoisotopic (exact) mass is 460 g/mol. The Kier molecular flexibility index (Phi) is 6.28. The molecule has 2 aromatic carbocycles. The van der Waals surface area contributed by atoms with Gasteiger partial charge in [-0.15, -0.1) is 0 Å². The van der Waals surface area contributed by atoms with E-state index in [9.17, 15) is 23.2 Å². The van der Waals surface area contributed by atoms with Crippen LogP contribution in [0.1, 0.15) is 40.0 Å². The van der Waals surface area contributed by atoms with E-state index in [0.29, 0.717) is 18.6 Å². The Balaban J connectivity index is 1.53. The van der Waals surface area contributed by atoms with E-state index in [4.69, 9.17) is 14.6 Å². The molecule has 2 N–H and O–H groups in total. The number of hydrogen-bond acceptors (Lipinski definition) is 5. The van der Waals surface area contributed by atoms with Crippen molar-refractivity contribution in [3.8, 4) is 5.75 Å². The molecule has 0 unspecified atom stereocenters. The number of fused-ring (bicyclic) bond motifs is 2. The Bertz CT molecular complexity index is 1110. The second-order valence-corrected chi connectivity index (χ2v) is 8.06. The van der Waals surface area contributed by atoms with Crippen LogP contribution in [0.15, 0.2) is 36.4 Å². The van der Waals surface area contributed by atoms with Gasteiger partial charge in [-0.25, -0.2) is 8.78 Å². The molecule has 0 spiro atoms. The molecular weight excluding hydrogens is 438 g/mol. The lowest BCUT2D eigenvalue weighted by Gasteiger charge is -2.42. The molecule has 0 saturated carbocycles. The molecular formula is C23H22F2N2O6. The summed E-state index contributed by atoms with van der Waals surface area (Å²) in [5.74, 6) is -3.85. The normalized spacial score (nSPS) is 22.3. The van der Waals surface area contributed by atoms with Crippen molar-refractivity contribution >= 4 is 23.5 Å². The molecule has 174 valence electrons. The highest BCUT2D eigenvalue weighted by Gasteiger charge is 2.39. The molecule has 1 fully saturated rings. The van der Waals surface area contributed by atoms with E-state index in [1.165, 1.54) is 18.2 Å². The van der Waals surface area contributed by atoms with Gasteiger partial charge in [-0.2, -0.15) is 0 Å². The summed E-state index contributed by atoms with van der Waals surface area (Å²) >= 11 is 0. The molecule has 0 aliphatic carbocycles. The van der Waals surface area contributed by atoms with Gasteiger partial charge >= 0.3 is 5.97 Å². The van der Waals surface area contributed by atoms with Gasteiger partial charge in [-0.05, 0) is 49.2 Å². The number of nitrogens with zero attached hydrogens (tertiary/aromatic N) is 1. The van der Waals surface area contributed by atoms with Crippen LogP contribution in [-0.4, -0.2) is 59.7 Å². The highest BCUT2D eigenvalue weighted by Crippen LogP contribution is 2.32. The topological polar surface area (TPSA) is 105 Å². The Morgan fingerprint density at radius 3 is 2.67 bits per heavy atom. The largest absolute Gasteiger partial charge is 0.490 e. The Morgan fingerprint density at radius 2 is 1.94 bits per heavy atom. The number of rotatable bonds is 4. The maximum atomic E-state index is 13.4. The number of carbonyl (C=O) groups excluding carboxylic acids is 2. The van der Waals surface area contributed by atoms with Crippen molar-refractivity contribution in [2.75, 3.05) is 19.0 Å². The smallest absolute Gasteiger partial charge is 0.305 e. The third-order valence-corrected chi connectivity index (χ3v) is 5.85. The lowest BCUT2D eigenvalue weighted by Crippen LogP contribution is -2.53. The lowest BCUT2D eigenvalue weighted by molar-refractivity contribution is -0.148. The van der Waals surface area contributed by atoms with Gasteiger partial charge in [0, 0.05) is 18.3 Å². The van der Waals surface area contributed by atoms with E-state index >= 15 is 0 Å². The van der Waals surface area contributed by atoms with Crippen LogP contribution in [0.3, 0.4) is 0 Å². The number of ether oxygens (including phenoxy) is 2. The van der Waals surface area contributed by atoms with E-state index in [-0.39, 0.29) is 41.8 Å². The van der Waals surface area contributed by atoms with Crippen LogP contribution in [0.4, 0.5) is 14.5 Å². The summed E-state index contributed by atoms with van der Waals surface area (Å²) in [6.45, 7) is 0.131. The minimum absolute atomic E-state index is 0.0709. The van der Waals surface area contributed by atoms with Crippen LogP contribution in [0.25, 0.3) is 0 Å². The number of benzene rings is 2. The highest BCUT2D eigenvalue weighted by atomic mass is 19.2. The summed E-state index contributed by atoms with van der Waals surface area (Å²) in [5.41, 5.74) is 0.442. The minimum atomic E-state index is -1.14. The summed E-state index contributed by atoms with van der Waals surface area (Å²) < 4.78 is 38.3. The molecule has 3 atom stereocenters. The summed E-state index contributed by atoms with van der Waals surface area (Å²) in [6, 6.07) is 7.03. The molecule has 8 nitrogen and oxygen atoms in total. The molecule has 2 aromatic rings. The van der Waals surface area contributed by atoms with Crippen molar-refractivity contribution in [1.29, 1.82) is 0 Å². The van der Waals surface area contributed by atoms with Gasteiger partial charge in [0.15, 0.2) is 11.6 Å². The van der Waals surface area contributed by atoms with Crippen LogP contribution in [0.5, 0.6) is 5.75 Å². The van der Waals surface area contributed by atoms with Crippen LogP contribution in [-0.2, 0) is 9.53 Å². The molecule has 0 radical (unpaired) electrons. The number of halogens is 2. The van der Waals surface area contributed by atoms with Crippen molar-refractivity contribution in [3.05, 3.63) is 59.2 Å². The van der Waals surface area contributed by atoms with Gasteiger partial charge in [0.1, 0.15) is 18.5 Å². The van der Waals surface area contributed by atoms with Gasteiger partial charge in [0.2, 0.25) is 0 Å². The number of carboxylic acids is 1. The standard InChI is InChI=1S/C23H22F2N2O6/c1-27-18-6-4-14(10-21(28)29)33-20(18)11-32-19-7-3-13(9-15(19)23(27)31)26-22(30)12-2-5-16(24)17(25)8-12/h2-3,5,7-9,14,18,20H,4,6,10-11H2,1H3,(H,26,30)(H,28,29)/t14-,18+,20+/m0/s1. The van der Waals surface area contributed by atoms with E-state index in [1.807, 2.05) is 0 Å². The molecule has 2 aliphatic heterocycles. The second kappa shape index (κ2) is 9.14. The second-order valence-electron chi connectivity index (χ2n) is 8.06. The molecule has 4 rings (SSSR count). The third kappa shape index (κ3) is 4.80. The molecule has 33 heavy (non-hydrogen) atoms. The fourth-order valence-electron chi connectivity index (χ4n) is 4.14. The summed E-state index contributed by atoms with van der Waals surface area (Å²) in [7, 11) is 1.64. The average molecular weight is 460 g/mol. The molecule has 2 amide bonds. The fourth-order valence-corrected chi connectivity index (χ4v) is 4.14. The average Bonchev–Trinajstić information content (AvgIpc) is 2.78. The first-order valence-electron chi connectivity index (χ1n) is 10.4. The third-order valence-electron chi connectivity index (χ3n) is 5.85. The van der Waals surface area contributed by atoms with Gasteiger partial charge in [-0.3, -0.25) is 14.4 Å². The van der Waals surface area contributed by atoms with E-state index in [1.54, 1.807) is 11.9 Å². The molecule has 1 saturated heterocycles. The first-order chi connectivity index (χ1) is 15.7. The number of amides is 2. The van der Waals surface area contributed by atoms with E-state index < -0.39 is 35.7 Å². The fraction of sp³-hybridized carbons (Fsp3) is 0.348. The zero-order valence-corrected chi connectivity index (χ0v) is 17.7. The Hall–Kier alpha value is -3.53. The quantitative estimate of drug-likeness (QED) is 0.727. The van der Waals surface area contributed by atoms with Gasteiger partial charge < -0.3 is 24.8 Å². The van der Waals surface area contributed by atoms with Crippen LogP contribution in [0, 0.1) is 11.6 Å². The number of nitrogens with one attached hydrogen (secondary N) is 1. The van der Waals surface area contributed by atoms with E-state index in [2.05, 4.69) is 5.32 Å². The first kappa shape index (κ1) is 22.7. The van der Waals surface area contributed by atoms with Crippen molar-refractivity contribution in [2.24, 2.45) is 0 Å². The van der Waals surface area contributed by atoms with E-state index in [0.717, 1.165) is 18.2 Å². The molecule has 2 aliphatic rings. The predicted molar refractivity (Wildman–Crippen MR) is 112 cm³/mol. The van der Waals surface area contributed by atoms with Crippen molar-refractivity contribution < 1.29 is 37.7 Å². The van der Waals surface area contributed by atoms with Gasteiger partial charge in [-0.1, -0.05) is 0 Å². The number of likely N-dealkylation sites (N-methyl/N-ethyl adjacent to an activating group) is 1.